The van der Waals surface area contributed by atoms with E-state index in [1.165, 1.54) is 0 Å². The van der Waals surface area contributed by atoms with Crippen LogP contribution in [0.2, 0.25) is 0 Å². The average molecular weight is 341 g/mol. The summed E-state index contributed by atoms with van der Waals surface area (Å²) in [6.45, 7) is 2.96. The van der Waals surface area contributed by atoms with E-state index in [9.17, 15) is 5.11 Å². The second-order valence-corrected chi connectivity index (χ2v) is 5.97. The molecule has 0 unspecified atom stereocenters. The van der Waals surface area contributed by atoms with E-state index >= 15 is 0 Å². The first-order chi connectivity index (χ1) is 12.2. The molecule has 1 heterocycles. The highest BCUT2D eigenvalue weighted by Crippen LogP contribution is 2.20. The number of ether oxygens (including phenoxy) is 1. The lowest BCUT2D eigenvalue weighted by atomic mass is 10.2. The first-order valence-corrected chi connectivity index (χ1v) is 8.35. The van der Waals surface area contributed by atoms with Gasteiger partial charge in [-0.05, 0) is 36.8 Å². The van der Waals surface area contributed by atoms with Crippen molar-refractivity contribution in [2.75, 3.05) is 25.1 Å². The highest BCUT2D eigenvalue weighted by Gasteiger charge is 2.14. The van der Waals surface area contributed by atoms with Crippen molar-refractivity contribution in [1.82, 2.24) is 9.55 Å². The monoisotopic (exact) mass is 341 g/mol. The van der Waals surface area contributed by atoms with Crippen LogP contribution in [0.1, 0.15) is 5.56 Å². The lowest BCUT2D eigenvalue weighted by Gasteiger charge is -2.16. The molecule has 0 aliphatic carbocycles. The molecule has 0 saturated heterocycles. The molecule has 0 amide bonds. The van der Waals surface area contributed by atoms with Crippen molar-refractivity contribution in [2.45, 2.75) is 19.6 Å². The van der Waals surface area contributed by atoms with Crippen LogP contribution in [0.4, 0.5) is 5.95 Å². The third kappa shape index (κ3) is 4.29. The number of nitrogens with zero attached hydrogens (tertiary/aromatic N) is 2. The molecule has 6 heteroatoms. The second-order valence-electron chi connectivity index (χ2n) is 5.97. The van der Waals surface area contributed by atoms with Crippen LogP contribution in [0, 0.1) is 6.92 Å². The summed E-state index contributed by atoms with van der Waals surface area (Å²) >= 11 is 0. The topological polar surface area (TPSA) is 79.5 Å². The van der Waals surface area contributed by atoms with Gasteiger partial charge in [-0.2, -0.15) is 0 Å². The molecular formula is C19H23N3O3. The molecule has 3 N–H and O–H groups in total. The van der Waals surface area contributed by atoms with E-state index in [0.717, 1.165) is 22.3 Å². The zero-order chi connectivity index (χ0) is 17.6. The fourth-order valence-electron chi connectivity index (χ4n) is 2.72. The largest absolute Gasteiger partial charge is 0.491 e. The molecular weight excluding hydrogens is 318 g/mol. The normalized spacial score (nSPS) is 12.3. The zero-order valence-electron chi connectivity index (χ0n) is 14.2. The van der Waals surface area contributed by atoms with Gasteiger partial charge in [-0.3, -0.25) is 0 Å². The third-order valence-corrected chi connectivity index (χ3v) is 3.87. The van der Waals surface area contributed by atoms with Gasteiger partial charge in [-0.15, -0.1) is 0 Å². The molecule has 25 heavy (non-hydrogen) atoms. The van der Waals surface area contributed by atoms with Gasteiger partial charge in [0.25, 0.3) is 0 Å². The van der Waals surface area contributed by atoms with Crippen LogP contribution >= 0.6 is 0 Å². The van der Waals surface area contributed by atoms with Gasteiger partial charge in [-0.1, -0.05) is 24.3 Å². The van der Waals surface area contributed by atoms with Crippen LogP contribution in [0.5, 0.6) is 5.75 Å². The van der Waals surface area contributed by atoms with Crippen molar-refractivity contribution in [3.05, 3.63) is 54.1 Å². The Hall–Kier alpha value is -2.57. The first-order valence-electron chi connectivity index (χ1n) is 8.35. The van der Waals surface area contributed by atoms with Crippen molar-refractivity contribution in [2.24, 2.45) is 0 Å². The molecule has 3 aromatic rings. The minimum atomic E-state index is -0.687. The number of aryl methyl sites for hydroxylation is 1. The summed E-state index contributed by atoms with van der Waals surface area (Å²) in [5.74, 6) is 1.37. The van der Waals surface area contributed by atoms with Gasteiger partial charge in [0, 0.05) is 6.54 Å². The number of nitrogens with one attached hydrogen (secondary N) is 1. The quantitative estimate of drug-likeness (QED) is 0.585. The summed E-state index contributed by atoms with van der Waals surface area (Å²) < 4.78 is 7.60. The number of imidazole rings is 1. The number of para-hydroxylation sites is 2. The van der Waals surface area contributed by atoms with E-state index in [0.29, 0.717) is 19.0 Å². The van der Waals surface area contributed by atoms with E-state index < -0.39 is 6.10 Å². The molecule has 3 rings (SSSR count). The summed E-state index contributed by atoms with van der Waals surface area (Å²) in [7, 11) is 0. The number of benzene rings is 2. The number of hydrogen-bond donors (Lipinski definition) is 3. The van der Waals surface area contributed by atoms with Crippen LogP contribution in [-0.4, -0.2) is 45.6 Å². The van der Waals surface area contributed by atoms with Crippen molar-refractivity contribution < 1.29 is 14.9 Å². The molecule has 0 aliphatic rings. The maximum atomic E-state index is 10.4. The molecule has 6 nitrogen and oxygen atoms in total. The van der Waals surface area contributed by atoms with Crippen LogP contribution in [-0.2, 0) is 6.54 Å². The molecule has 0 aliphatic heterocycles. The summed E-state index contributed by atoms with van der Waals surface area (Å²) in [4.78, 5) is 4.52. The Balaban J connectivity index is 1.72. The van der Waals surface area contributed by atoms with Gasteiger partial charge in [0.2, 0.25) is 5.95 Å². The van der Waals surface area contributed by atoms with Gasteiger partial charge >= 0.3 is 0 Å². The minimum absolute atomic E-state index is 0.0161. The van der Waals surface area contributed by atoms with E-state index in [-0.39, 0.29) is 13.2 Å². The van der Waals surface area contributed by atoms with Gasteiger partial charge in [0.1, 0.15) is 18.5 Å². The van der Waals surface area contributed by atoms with Gasteiger partial charge in [-0.25, -0.2) is 4.98 Å². The van der Waals surface area contributed by atoms with Gasteiger partial charge < -0.3 is 24.8 Å². The standard InChI is InChI=1S/C19H23N3O3/c1-14-5-4-6-16(11-14)25-13-15(24)12-22-18-8-3-2-7-17(18)21-19(22)20-9-10-23/h2-8,11,15,23-24H,9-10,12-13H2,1H3,(H,20,21)/t15-/m0/s1. The van der Waals surface area contributed by atoms with Crippen molar-refractivity contribution >= 4 is 17.0 Å². The van der Waals surface area contributed by atoms with Crippen LogP contribution < -0.4 is 10.1 Å². The molecule has 0 saturated carbocycles. The van der Waals surface area contributed by atoms with Crippen molar-refractivity contribution in [3.63, 3.8) is 0 Å². The Morgan fingerprint density at radius 3 is 2.84 bits per heavy atom. The number of aromatic nitrogens is 2. The first kappa shape index (κ1) is 17.3. The number of rotatable bonds is 8. The SMILES string of the molecule is Cc1cccc(OC[C@@H](O)Cn2c(NCCO)nc3ccccc32)c1. The molecule has 0 bridgehead atoms. The fraction of sp³-hybridized carbons (Fsp3) is 0.316. The lowest BCUT2D eigenvalue weighted by molar-refractivity contribution is 0.0938. The number of hydrogen-bond acceptors (Lipinski definition) is 5. The Morgan fingerprint density at radius 1 is 1.20 bits per heavy atom. The van der Waals surface area contributed by atoms with Crippen LogP contribution in [0.15, 0.2) is 48.5 Å². The third-order valence-electron chi connectivity index (χ3n) is 3.87. The molecule has 2 aromatic carbocycles. The Kier molecular flexibility index (Phi) is 5.53. The summed E-state index contributed by atoms with van der Waals surface area (Å²) in [6, 6.07) is 15.5. The van der Waals surface area contributed by atoms with E-state index in [1.807, 2.05) is 60.0 Å². The Bertz CT molecular complexity index is 832. The summed E-state index contributed by atoms with van der Waals surface area (Å²) in [5, 5.41) is 22.5. The maximum absolute atomic E-state index is 10.4. The highest BCUT2D eigenvalue weighted by atomic mass is 16.5. The number of aliphatic hydroxyl groups is 2. The number of anilines is 1. The average Bonchev–Trinajstić information content (AvgIpc) is 2.96. The predicted octanol–water partition coefficient (Wildman–Crippen LogP) is 2.19. The molecule has 0 spiro atoms. The van der Waals surface area contributed by atoms with Crippen molar-refractivity contribution in [1.29, 1.82) is 0 Å². The van der Waals surface area contributed by atoms with Gasteiger partial charge in [0.05, 0.1) is 24.2 Å². The molecule has 0 fully saturated rings. The highest BCUT2D eigenvalue weighted by molar-refractivity contribution is 5.78. The fourth-order valence-corrected chi connectivity index (χ4v) is 2.72. The molecule has 132 valence electrons. The van der Waals surface area contributed by atoms with Gasteiger partial charge in [0.15, 0.2) is 0 Å². The van der Waals surface area contributed by atoms with E-state index in [1.54, 1.807) is 0 Å². The van der Waals surface area contributed by atoms with E-state index in [2.05, 4.69) is 10.3 Å². The Labute approximate surface area is 146 Å². The lowest BCUT2D eigenvalue weighted by Crippen LogP contribution is -2.25. The van der Waals surface area contributed by atoms with E-state index in [4.69, 9.17) is 9.84 Å². The Morgan fingerprint density at radius 2 is 2.04 bits per heavy atom. The summed E-state index contributed by atoms with van der Waals surface area (Å²) in [6.07, 6.45) is -0.687. The maximum Gasteiger partial charge on any atom is 0.204 e. The number of aliphatic hydroxyl groups excluding tert-OH is 2. The molecule has 1 aromatic heterocycles. The zero-order valence-corrected chi connectivity index (χ0v) is 14.2. The minimum Gasteiger partial charge on any atom is -0.491 e. The smallest absolute Gasteiger partial charge is 0.204 e. The van der Waals surface area contributed by atoms with Crippen LogP contribution in [0.3, 0.4) is 0 Å². The molecule has 0 radical (unpaired) electrons. The second kappa shape index (κ2) is 8.00. The predicted molar refractivity (Wildman–Crippen MR) is 98.0 cm³/mol. The number of fused-ring (bicyclic) bond motifs is 1. The van der Waals surface area contributed by atoms with Crippen LogP contribution in [0.25, 0.3) is 11.0 Å². The molecule has 1 atom stereocenters. The van der Waals surface area contributed by atoms with Crippen molar-refractivity contribution in [3.8, 4) is 5.75 Å². The summed E-state index contributed by atoms with van der Waals surface area (Å²) in [5.41, 5.74) is 2.88.